The number of aryl methyl sites for hydroxylation is 1. The van der Waals surface area contributed by atoms with Crippen LogP contribution in [0.2, 0.25) is 0 Å². The normalized spacial score (nSPS) is 13.0. The Kier molecular flexibility index (Phi) is 5.07. The van der Waals surface area contributed by atoms with E-state index in [0.717, 1.165) is 15.8 Å². The number of amides is 1. The standard InChI is InChI=1S/C22H18N2O2S2/c1-14-9-11-16(12-10-14)21(26)23-22-24(17-6-3-4-7-18(17)28-22)15(2)20(25)19-8-5-13-27-19/h3-13,15H,1-2H3. The first-order valence-electron chi connectivity index (χ1n) is 8.88. The van der Waals surface area contributed by atoms with Gasteiger partial charge in [-0.05, 0) is 49.6 Å². The lowest BCUT2D eigenvalue weighted by molar-refractivity contribution is 0.0934. The Morgan fingerprint density at radius 1 is 1.00 bits per heavy atom. The number of rotatable bonds is 4. The van der Waals surface area contributed by atoms with Crippen molar-refractivity contribution in [3.63, 3.8) is 0 Å². The molecule has 0 bridgehead atoms. The number of Topliss-reactive ketones (excluding diaryl/α,β-unsaturated/α-hetero) is 1. The third-order valence-corrected chi connectivity index (χ3v) is 6.48. The summed E-state index contributed by atoms with van der Waals surface area (Å²) in [5.41, 5.74) is 2.52. The molecule has 2 aromatic heterocycles. The molecule has 4 rings (SSSR count). The van der Waals surface area contributed by atoms with E-state index >= 15 is 0 Å². The summed E-state index contributed by atoms with van der Waals surface area (Å²) in [5.74, 6) is -0.293. The van der Waals surface area contributed by atoms with Crippen LogP contribution >= 0.6 is 22.7 Å². The number of ketones is 1. The largest absolute Gasteiger partial charge is 0.306 e. The number of thiazole rings is 1. The van der Waals surface area contributed by atoms with Gasteiger partial charge in [0.15, 0.2) is 10.6 Å². The van der Waals surface area contributed by atoms with E-state index in [4.69, 9.17) is 0 Å². The van der Waals surface area contributed by atoms with Gasteiger partial charge in [0.1, 0.15) is 0 Å². The van der Waals surface area contributed by atoms with Gasteiger partial charge in [0.2, 0.25) is 0 Å². The number of fused-ring (bicyclic) bond motifs is 1. The number of thiophene rings is 1. The molecule has 0 saturated heterocycles. The Morgan fingerprint density at radius 2 is 1.75 bits per heavy atom. The van der Waals surface area contributed by atoms with Gasteiger partial charge in [-0.3, -0.25) is 9.59 Å². The van der Waals surface area contributed by atoms with Gasteiger partial charge in [0.25, 0.3) is 5.91 Å². The van der Waals surface area contributed by atoms with Crippen molar-refractivity contribution in [1.82, 2.24) is 4.57 Å². The van der Waals surface area contributed by atoms with Gasteiger partial charge in [-0.2, -0.15) is 4.99 Å². The lowest BCUT2D eigenvalue weighted by atomic mass is 10.1. The molecule has 0 saturated carbocycles. The van der Waals surface area contributed by atoms with Crippen molar-refractivity contribution in [3.8, 4) is 0 Å². The van der Waals surface area contributed by atoms with Crippen molar-refractivity contribution >= 4 is 44.6 Å². The molecule has 0 aliphatic heterocycles. The monoisotopic (exact) mass is 406 g/mol. The summed E-state index contributed by atoms with van der Waals surface area (Å²) in [4.78, 5) is 31.3. The molecule has 1 unspecified atom stereocenters. The van der Waals surface area contributed by atoms with Crippen LogP contribution in [-0.4, -0.2) is 16.3 Å². The summed E-state index contributed by atoms with van der Waals surface area (Å²) < 4.78 is 2.86. The molecule has 4 nitrogen and oxygen atoms in total. The van der Waals surface area contributed by atoms with E-state index in [2.05, 4.69) is 4.99 Å². The maximum Gasteiger partial charge on any atom is 0.279 e. The second-order valence-electron chi connectivity index (χ2n) is 6.52. The third-order valence-electron chi connectivity index (χ3n) is 4.56. The molecule has 4 aromatic rings. The Labute approximate surface area is 170 Å². The van der Waals surface area contributed by atoms with Crippen LogP contribution in [0, 0.1) is 6.92 Å². The molecule has 2 heterocycles. The van der Waals surface area contributed by atoms with Crippen molar-refractivity contribution < 1.29 is 9.59 Å². The van der Waals surface area contributed by atoms with Gasteiger partial charge < -0.3 is 4.57 Å². The molecular formula is C22H18N2O2S2. The van der Waals surface area contributed by atoms with Crippen molar-refractivity contribution in [2.45, 2.75) is 19.9 Å². The molecule has 0 fully saturated rings. The van der Waals surface area contributed by atoms with Crippen LogP contribution in [0.1, 0.15) is 38.6 Å². The Balaban J connectivity index is 1.84. The zero-order chi connectivity index (χ0) is 19.7. The van der Waals surface area contributed by atoms with Gasteiger partial charge in [-0.25, -0.2) is 0 Å². The molecule has 0 spiro atoms. The van der Waals surface area contributed by atoms with Crippen LogP contribution in [-0.2, 0) is 0 Å². The minimum atomic E-state index is -0.459. The summed E-state index contributed by atoms with van der Waals surface area (Å²) in [7, 11) is 0. The number of carbonyl (C=O) groups excluding carboxylic acids is 2. The number of hydrogen-bond acceptors (Lipinski definition) is 4. The van der Waals surface area contributed by atoms with E-state index < -0.39 is 6.04 Å². The minimum Gasteiger partial charge on any atom is -0.306 e. The van der Waals surface area contributed by atoms with E-state index in [0.29, 0.717) is 15.2 Å². The average Bonchev–Trinajstić information content (AvgIpc) is 3.35. The second-order valence-corrected chi connectivity index (χ2v) is 8.48. The SMILES string of the molecule is Cc1ccc(C(=O)N=c2sc3ccccc3n2C(C)C(=O)c2cccs2)cc1. The summed E-state index contributed by atoms with van der Waals surface area (Å²) >= 11 is 2.84. The maximum absolute atomic E-state index is 13.0. The first-order valence-corrected chi connectivity index (χ1v) is 10.6. The minimum absolute atomic E-state index is 0.0165. The van der Waals surface area contributed by atoms with Crippen LogP contribution in [0.25, 0.3) is 10.2 Å². The van der Waals surface area contributed by atoms with E-state index in [1.54, 1.807) is 12.1 Å². The van der Waals surface area contributed by atoms with Crippen LogP contribution in [0.4, 0.5) is 0 Å². The zero-order valence-corrected chi connectivity index (χ0v) is 17.1. The van der Waals surface area contributed by atoms with E-state index in [-0.39, 0.29) is 11.7 Å². The van der Waals surface area contributed by atoms with Crippen LogP contribution in [0.3, 0.4) is 0 Å². The van der Waals surface area contributed by atoms with Gasteiger partial charge in [-0.15, -0.1) is 11.3 Å². The van der Waals surface area contributed by atoms with Crippen LogP contribution in [0.15, 0.2) is 71.0 Å². The number of carbonyl (C=O) groups is 2. The van der Waals surface area contributed by atoms with Gasteiger partial charge in [0.05, 0.1) is 21.1 Å². The molecule has 0 aliphatic rings. The number of aromatic nitrogens is 1. The van der Waals surface area contributed by atoms with Crippen LogP contribution in [0.5, 0.6) is 0 Å². The van der Waals surface area contributed by atoms with Crippen molar-refractivity contribution in [2.75, 3.05) is 0 Å². The highest BCUT2D eigenvalue weighted by Gasteiger charge is 2.22. The first kappa shape index (κ1) is 18.5. The molecule has 6 heteroatoms. The van der Waals surface area contributed by atoms with Crippen molar-refractivity contribution in [2.24, 2.45) is 4.99 Å². The summed E-state index contributed by atoms with van der Waals surface area (Å²) in [6.07, 6.45) is 0. The lowest BCUT2D eigenvalue weighted by Crippen LogP contribution is -2.25. The summed E-state index contributed by atoms with van der Waals surface area (Å²) in [6, 6.07) is 18.4. The van der Waals surface area contributed by atoms with Gasteiger partial charge in [-0.1, -0.05) is 47.2 Å². The fraction of sp³-hybridized carbons (Fsp3) is 0.136. The maximum atomic E-state index is 13.0. The molecule has 0 N–H and O–H groups in total. The Hall–Kier alpha value is -2.83. The van der Waals surface area contributed by atoms with Gasteiger partial charge >= 0.3 is 0 Å². The van der Waals surface area contributed by atoms with Crippen LogP contribution < -0.4 is 4.80 Å². The fourth-order valence-electron chi connectivity index (χ4n) is 3.03. The topological polar surface area (TPSA) is 51.4 Å². The summed E-state index contributed by atoms with van der Waals surface area (Å²) in [5, 5.41) is 1.89. The zero-order valence-electron chi connectivity index (χ0n) is 15.5. The van der Waals surface area contributed by atoms with Crippen molar-refractivity contribution in [3.05, 3.63) is 86.8 Å². The highest BCUT2D eigenvalue weighted by molar-refractivity contribution is 7.16. The Bertz CT molecular complexity index is 1220. The highest BCUT2D eigenvalue weighted by Crippen LogP contribution is 2.24. The lowest BCUT2D eigenvalue weighted by Gasteiger charge is -2.13. The molecule has 2 aromatic carbocycles. The quantitative estimate of drug-likeness (QED) is 0.434. The first-order chi connectivity index (χ1) is 13.5. The van der Waals surface area contributed by atoms with Crippen molar-refractivity contribution in [1.29, 1.82) is 0 Å². The number of para-hydroxylation sites is 1. The molecule has 28 heavy (non-hydrogen) atoms. The molecule has 0 radical (unpaired) electrons. The number of benzene rings is 2. The molecule has 0 aliphatic carbocycles. The number of hydrogen-bond donors (Lipinski definition) is 0. The molecule has 1 atom stereocenters. The summed E-state index contributed by atoms with van der Waals surface area (Å²) in [6.45, 7) is 3.83. The number of nitrogens with zero attached hydrogens (tertiary/aromatic N) is 2. The van der Waals surface area contributed by atoms with Gasteiger partial charge in [0, 0.05) is 5.56 Å². The van der Waals surface area contributed by atoms with E-state index in [1.807, 2.05) is 72.3 Å². The fourth-order valence-corrected chi connectivity index (χ4v) is 4.88. The Morgan fingerprint density at radius 3 is 2.46 bits per heavy atom. The average molecular weight is 407 g/mol. The smallest absolute Gasteiger partial charge is 0.279 e. The molecular weight excluding hydrogens is 388 g/mol. The van der Waals surface area contributed by atoms with E-state index in [1.165, 1.54) is 22.7 Å². The van der Waals surface area contributed by atoms with E-state index in [9.17, 15) is 9.59 Å². The molecule has 140 valence electrons. The predicted octanol–water partition coefficient (Wildman–Crippen LogP) is 5.26. The third kappa shape index (κ3) is 3.48. The predicted molar refractivity (Wildman–Crippen MR) is 114 cm³/mol. The second kappa shape index (κ2) is 7.66. The molecule has 1 amide bonds. The highest BCUT2D eigenvalue weighted by atomic mass is 32.1.